The van der Waals surface area contributed by atoms with Crippen LogP contribution in [-0.2, 0) is 6.54 Å². The Bertz CT molecular complexity index is 494. The molecule has 0 fully saturated rings. The standard InChI is InChI=1S/C13H11ClFN/c14-11-5-6-12(13(15)7-11)10-3-1-9(8-16)2-4-10/h1-7H,8,16H2. The Kier molecular flexibility index (Phi) is 3.22. The molecule has 2 aromatic rings. The van der Waals surface area contributed by atoms with E-state index in [9.17, 15) is 4.39 Å². The summed E-state index contributed by atoms with van der Waals surface area (Å²) in [4.78, 5) is 0. The van der Waals surface area contributed by atoms with Crippen molar-refractivity contribution in [3.05, 3.63) is 58.9 Å². The van der Waals surface area contributed by atoms with E-state index in [1.54, 1.807) is 12.1 Å². The Morgan fingerprint density at radius 3 is 2.31 bits per heavy atom. The third-order valence-electron chi connectivity index (χ3n) is 2.43. The van der Waals surface area contributed by atoms with E-state index in [4.69, 9.17) is 17.3 Å². The fourth-order valence-corrected chi connectivity index (χ4v) is 1.70. The highest BCUT2D eigenvalue weighted by Crippen LogP contribution is 2.25. The van der Waals surface area contributed by atoms with Gasteiger partial charge in [0, 0.05) is 17.1 Å². The van der Waals surface area contributed by atoms with Crippen LogP contribution < -0.4 is 5.73 Å². The van der Waals surface area contributed by atoms with Crippen LogP contribution in [-0.4, -0.2) is 0 Å². The zero-order valence-corrected chi connectivity index (χ0v) is 9.34. The minimum Gasteiger partial charge on any atom is -0.326 e. The van der Waals surface area contributed by atoms with E-state index in [1.165, 1.54) is 6.07 Å². The van der Waals surface area contributed by atoms with Crippen molar-refractivity contribution in [1.82, 2.24) is 0 Å². The molecule has 0 saturated heterocycles. The van der Waals surface area contributed by atoms with Gasteiger partial charge in [0.05, 0.1) is 0 Å². The largest absolute Gasteiger partial charge is 0.326 e. The van der Waals surface area contributed by atoms with Gasteiger partial charge in [-0.1, -0.05) is 35.9 Å². The molecule has 2 N–H and O–H groups in total. The van der Waals surface area contributed by atoms with Crippen LogP contribution in [0.25, 0.3) is 11.1 Å². The second kappa shape index (κ2) is 4.64. The Morgan fingerprint density at radius 2 is 1.75 bits per heavy atom. The van der Waals surface area contributed by atoms with E-state index in [1.807, 2.05) is 24.3 Å². The second-order valence-electron chi connectivity index (χ2n) is 3.53. The van der Waals surface area contributed by atoms with Crippen molar-refractivity contribution in [2.75, 3.05) is 0 Å². The number of rotatable bonds is 2. The summed E-state index contributed by atoms with van der Waals surface area (Å²) in [5.74, 6) is -0.312. The highest BCUT2D eigenvalue weighted by Gasteiger charge is 2.05. The maximum absolute atomic E-state index is 13.6. The normalized spacial score (nSPS) is 10.4. The molecule has 0 aliphatic rings. The SMILES string of the molecule is NCc1ccc(-c2ccc(Cl)cc2F)cc1. The molecule has 0 aliphatic heterocycles. The summed E-state index contributed by atoms with van der Waals surface area (Å²) in [5.41, 5.74) is 7.90. The predicted octanol–water partition coefficient (Wildman–Crippen LogP) is 3.60. The number of halogens is 2. The zero-order valence-electron chi connectivity index (χ0n) is 8.58. The lowest BCUT2D eigenvalue weighted by Crippen LogP contribution is -1.95. The van der Waals surface area contributed by atoms with E-state index < -0.39 is 0 Å². The molecule has 0 aliphatic carbocycles. The van der Waals surface area contributed by atoms with Gasteiger partial charge in [0.1, 0.15) is 5.82 Å². The van der Waals surface area contributed by atoms with Gasteiger partial charge >= 0.3 is 0 Å². The van der Waals surface area contributed by atoms with Crippen LogP contribution in [0.1, 0.15) is 5.56 Å². The van der Waals surface area contributed by atoms with Crippen LogP contribution in [0.3, 0.4) is 0 Å². The van der Waals surface area contributed by atoms with Crippen LogP contribution in [0, 0.1) is 5.82 Å². The lowest BCUT2D eigenvalue weighted by Gasteiger charge is -2.05. The molecule has 0 unspecified atom stereocenters. The van der Waals surface area contributed by atoms with E-state index in [0.717, 1.165) is 11.1 Å². The first-order valence-corrected chi connectivity index (χ1v) is 5.33. The Labute approximate surface area is 98.7 Å². The summed E-state index contributed by atoms with van der Waals surface area (Å²) >= 11 is 5.70. The lowest BCUT2D eigenvalue weighted by atomic mass is 10.0. The molecule has 2 rings (SSSR count). The van der Waals surface area contributed by atoms with Crippen molar-refractivity contribution in [1.29, 1.82) is 0 Å². The van der Waals surface area contributed by atoms with Crippen LogP contribution in [0.2, 0.25) is 5.02 Å². The molecule has 16 heavy (non-hydrogen) atoms. The summed E-state index contributed by atoms with van der Waals surface area (Å²) in [5, 5.41) is 0.403. The first-order chi connectivity index (χ1) is 7.70. The minimum absolute atomic E-state index is 0.312. The first kappa shape index (κ1) is 11.1. The highest BCUT2D eigenvalue weighted by molar-refractivity contribution is 6.30. The molecular weight excluding hydrogens is 225 g/mol. The molecule has 0 amide bonds. The van der Waals surface area contributed by atoms with E-state index in [2.05, 4.69) is 0 Å². The van der Waals surface area contributed by atoms with Crippen molar-refractivity contribution in [2.45, 2.75) is 6.54 Å². The fraction of sp³-hybridized carbons (Fsp3) is 0.0769. The number of hydrogen-bond donors (Lipinski definition) is 1. The van der Waals surface area contributed by atoms with Gasteiger partial charge in [-0.3, -0.25) is 0 Å². The van der Waals surface area contributed by atoms with Crippen LogP contribution in [0.5, 0.6) is 0 Å². The van der Waals surface area contributed by atoms with E-state index in [-0.39, 0.29) is 5.82 Å². The van der Waals surface area contributed by atoms with Crippen molar-refractivity contribution in [3.8, 4) is 11.1 Å². The summed E-state index contributed by atoms with van der Waals surface area (Å²) in [6.45, 7) is 0.489. The van der Waals surface area contributed by atoms with Gasteiger partial charge in [-0.05, 0) is 29.3 Å². The topological polar surface area (TPSA) is 26.0 Å². The number of nitrogens with two attached hydrogens (primary N) is 1. The van der Waals surface area contributed by atoms with E-state index in [0.29, 0.717) is 17.1 Å². The van der Waals surface area contributed by atoms with Gasteiger partial charge in [-0.15, -0.1) is 0 Å². The third kappa shape index (κ3) is 2.23. The summed E-state index contributed by atoms with van der Waals surface area (Å²) in [7, 11) is 0. The fourth-order valence-electron chi connectivity index (χ4n) is 1.54. The maximum Gasteiger partial charge on any atom is 0.132 e. The molecule has 0 spiro atoms. The lowest BCUT2D eigenvalue weighted by molar-refractivity contribution is 0.631. The molecule has 0 heterocycles. The number of benzene rings is 2. The maximum atomic E-state index is 13.6. The van der Waals surface area contributed by atoms with Crippen LogP contribution in [0.15, 0.2) is 42.5 Å². The average molecular weight is 236 g/mol. The van der Waals surface area contributed by atoms with Gasteiger partial charge in [0.15, 0.2) is 0 Å². The molecule has 82 valence electrons. The Hall–Kier alpha value is -1.38. The molecule has 0 aromatic heterocycles. The second-order valence-corrected chi connectivity index (χ2v) is 3.96. The van der Waals surface area contributed by atoms with Crippen LogP contribution >= 0.6 is 11.6 Å². The summed E-state index contributed by atoms with van der Waals surface area (Å²) in [6.07, 6.45) is 0. The minimum atomic E-state index is -0.312. The smallest absolute Gasteiger partial charge is 0.132 e. The zero-order chi connectivity index (χ0) is 11.5. The van der Waals surface area contributed by atoms with Gasteiger partial charge in [0.2, 0.25) is 0 Å². The monoisotopic (exact) mass is 235 g/mol. The molecule has 0 radical (unpaired) electrons. The Morgan fingerprint density at radius 1 is 1.06 bits per heavy atom. The molecule has 3 heteroatoms. The summed E-state index contributed by atoms with van der Waals surface area (Å²) < 4.78 is 13.6. The average Bonchev–Trinajstić information content (AvgIpc) is 2.29. The van der Waals surface area contributed by atoms with E-state index >= 15 is 0 Å². The van der Waals surface area contributed by atoms with Crippen molar-refractivity contribution >= 4 is 11.6 Å². The highest BCUT2D eigenvalue weighted by atomic mass is 35.5. The van der Waals surface area contributed by atoms with Gasteiger partial charge in [-0.25, -0.2) is 4.39 Å². The van der Waals surface area contributed by atoms with Crippen molar-refractivity contribution < 1.29 is 4.39 Å². The predicted molar refractivity (Wildman–Crippen MR) is 64.7 cm³/mol. The van der Waals surface area contributed by atoms with Crippen LogP contribution in [0.4, 0.5) is 4.39 Å². The molecule has 0 saturated carbocycles. The molecule has 0 atom stereocenters. The van der Waals surface area contributed by atoms with Gasteiger partial charge in [0.25, 0.3) is 0 Å². The molecule has 0 bridgehead atoms. The quantitative estimate of drug-likeness (QED) is 0.846. The molecule has 1 nitrogen and oxygen atoms in total. The van der Waals surface area contributed by atoms with Crippen molar-refractivity contribution in [3.63, 3.8) is 0 Å². The molecular formula is C13H11ClFN. The first-order valence-electron chi connectivity index (χ1n) is 4.95. The molecule has 2 aromatic carbocycles. The van der Waals surface area contributed by atoms with Gasteiger partial charge in [-0.2, -0.15) is 0 Å². The Balaban J connectivity index is 2.42. The van der Waals surface area contributed by atoms with Crippen molar-refractivity contribution in [2.24, 2.45) is 5.73 Å². The van der Waals surface area contributed by atoms with Gasteiger partial charge < -0.3 is 5.73 Å². The number of hydrogen-bond acceptors (Lipinski definition) is 1. The summed E-state index contributed by atoms with van der Waals surface area (Å²) in [6, 6.07) is 12.2. The third-order valence-corrected chi connectivity index (χ3v) is 2.67.